The van der Waals surface area contributed by atoms with Crippen molar-refractivity contribution in [2.45, 2.75) is 19.4 Å². The van der Waals surface area contributed by atoms with Gasteiger partial charge >= 0.3 is 0 Å². The largest absolute Gasteiger partial charge is 0.391 e. The first kappa shape index (κ1) is 12.8. The Bertz CT molecular complexity index is 419. The Morgan fingerprint density at radius 2 is 2.33 bits per heavy atom. The van der Waals surface area contributed by atoms with Gasteiger partial charge in [0.25, 0.3) is 5.91 Å². The van der Waals surface area contributed by atoms with Crippen LogP contribution in [0.5, 0.6) is 0 Å². The normalized spacial score (nSPS) is 23.8. The molecule has 0 bridgehead atoms. The van der Waals surface area contributed by atoms with E-state index in [-0.39, 0.29) is 11.8 Å². The Kier molecular flexibility index (Phi) is 3.81. The van der Waals surface area contributed by atoms with Gasteiger partial charge in [-0.1, -0.05) is 6.92 Å². The lowest BCUT2D eigenvalue weighted by Gasteiger charge is -2.34. The summed E-state index contributed by atoms with van der Waals surface area (Å²) in [7, 11) is 1.81. The number of anilines is 1. The zero-order valence-electron chi connectivity index (χ0n) is 10.8. The number of rotatable bonds is 2. The summed E-state index contributed by atoms with van der Waals surface area (Å²) in [6.45, 7) is 3.09. The zero-order chi connectivity index (χ0) is 13.1. The average molecular weight is 249 g/mol. The van der Waals surface area contributed by atoms with E-state index in [0.717, 1.165) is 12.1 Å². The number of aromatic nitrogens is 1. The van der Waals surface area contributed by atoms with Crippen LogP contribution in [0.2, 0.25) is 0 Å². The van der Waals surface area contributed by atoms with Gasteiger partial charge < -0.3 is 15.3 Å². The Morgan fingerprint density at radius 3 is 2.89 bits per heavy atom. The molecule has 98 valence electrons. The molecule has 1 aromatic rings. The van der Waals surface area contributed by atoms with Crippen LogP contribution in [0.3, 0.4) is 0 Å². The quantitative estimate of drug-likeness (QED) is 0.819. The number of nitrogens with zero attached hydrogens (tertiary/aromatic N) is 2. The highest BCUT2D eigenvalue weighted by Crippen LogP contribution is 2.18. The highest BCUT2D eigenvalue weighted by molar-refractivity contribution is 5.92. The van der Waals surface area contributed by atoms with Crippen molar-refractivity contribution in [2.24, 2.45) is 5.92 Å². The summed E-state index contributed by atoms with van der Waals surface area (Å²) in [4.78, 5) is 18.0. The summed E-state index contributed by atoms with van der Waals surface area (Å²) in [6.07, 6.45) is 2.04. The molecule has 0 aliphatic carbocycles. The zero-order valence-corrected chi connectivity index (χ0v) is 10.8. The van der Waals surface area contributed by atoms with Gasteiger partial charge in [0.05, 0.1) is 18.0 Å². The number of pyridine rings is 1. The molecule has 5 nitrogen and oxygen atoms in total. The third-order valence-electron chi connectivity index (χ3n) is 3.48. The summed E-state index contributed by atoms with van der Waals surface area (Å²) in [5.41, 5.74) is 1.30. The second-order valence-electron chi connectivity index (χ2n) is 4.77. The first-order valence-electron chi connectivity index (χ1n) is 6.23. The summed E-state index contributed by atoms with van der Waals surface area (Å²) < 4.78 is 0. The van der Waals surface area contributed by atoms with E-state index < -0.39 is 6.10 Å². The number of carbonyl (C=O) groups excluding carboxylic acids is 1. The molecule has 0 radical (unpaired) electrons. The van der Waals surface area contributed by atoms with Crippen molar-refractivity contribution in [1.29, 1.82) is 0 Å². The molecule has 1 aliphatic rings. The molecule has 0 aromatic carbocycles. The topological polar surface area (TPSA) is 65.5 Å². The van der Waals surface area contributed by atoms with Crippen LogP contribution < -0.4 is 5.32 Å². The fourth-order valence-electron chi connectivity index (χ4n) is 2.06. The van der Waals surface area contributed by atoms with Crippen LogP contribution in [0.4, 0.5) is 5.69 Å². The van der Waals surface area contributed by atoms with Crippen molar-refractivity contribution in [2.75, 3.05) is 25.5 Å². The van der Waals surface area contributed by atoms with E-state index in [9.17, 15) is 9.90 Å². The predicted molar refractivity (Wildman–Crippen MR) is 69.5 cm³/mol. The van der Waals surface area contributed by atoms with Crippen molar-refractivity contribution < 1.29 is 9.90 Å². The van der Waals surface area contributed by atoms with Crippen LogP contribution in [-0.2, 0) is 0 Å². The van der Waals surface area contributed by atoms with Gasteiger partial charge in [-0.05, 0) is 24.5 Å². The van der Waals surface area contributed by atoms with Crippen molar-refractivity contribution in [1.82, 2.24) is 9.88 Å². The highest BCUT2D eigenvalue weighted by atomic mass is 16.3. The van der Waals surface area contributed by atoms with E-state index in [1.807, 2.05) is 13.0 Å². The van der Waals surface area contributed by atoms with E-state index in [0.29, 0.717) is 18.8 Å². The van der Waals surface area contributed by atoms with Crippen LogP contribution in [0, 0.1) is 5.92 Å². The van der Waals surface area contributed by atoms with Gasteiger partial charge in [0.15, 0.2) is 0 Å². The number of amides is 1. The lowest BCUT2D eigenvalue weighted by atomic mass is 9.96. The summed E-state index contributed by atoms with van der Waals surface area (Å²) in [6, 6.07) is 3.53. The Hall–Kier alpha value is -1.62. The van der Waals surface area contributed by atoms with E-state index in [4.69, 9.17) is 0 Å². The number of aliphatic hydroxyl groups excluding tert-OH is 1. The van der Waals surface area contributed by atoms with Crippen LogP contribution in [0.15, 0.2) is 18.3 Å². The second-order valence-corrected chi connectivity index (χ2v) is 4.77. The van der Waals surface area contributed by atoms with E-state index >= 15 is 0 Å². The third-order valence-corrected chi connectivity index (χ3v) is 3.48. The maximum Gasteiger partial charge on any atom is 0.272 e. The molecule has 5 heteroatoms. The molecule has 2 unspecified atom stereocenters. The van der Waals surface area contributed by atoms with Gasteiger partial charge in [-0.2, -0.15) is 0 Å². The molecule has 1 amide bonds. The molecule has 0 spiro atoms. The average Bonchev–Trinajstić information content (AvgIpc) is 2.41. The van der Waals surface area contributed by atoms with Crippen LogP contribution in [-0.4, -0.2) is 47.1 Å². The molecule has 2 rings (SSSR count). The summed E-state index contributed by atoms with van der Waals surface area (Å²) >= 11 is 0. The molecule has 1 aromatic heterocycles. The van der Waals surface area contributed by atoms with Gasteiger partial charge in [-0.3, -0.25) is 4.79 Å². The van der Waals surface area contributed by atoms with Crippen LogP contribution in [0.1, 0.15) is 23.8 Å². The lowest BCUT2D eigenvalue weighted by molar-refractivity contribution is 0.0245. The first-order chi connectivity index (χ1) is 8.61. The van der Waals surface area contributed by atoms with Gasteiger partial charge in [0.2, 0.25) is 0 Å². The number of hydrogen-bond acceptors (Lipinski definition) is 4. The molecular formula is C13H19N3O2. The van der Waals surface area contributed by atoms with Gasteiger partial charge in [-0.15, -0.1) is 0 Å². The minimum absolute atomic E-state index is 0.108. The minimum Gasteiger partial charge on any atom is -0.391 e. The van der Waals surface area contributed by atoms with E-state index in [1.165, 1.54) is 0 Å². The third kappa shape index (κ3) is 2.61. The SMILES string of the molecule is CNc1ccc(C(=O)N2CCC(C)C(O)C2)nc1. The second kappa shape index (κ2) is 5.35. The fourth-order valence-corrected chi connectivity index (χ4v) is 2.06. The van der Waals surface area contributed by atoms with Crippen molar-refractivity contribution in [3.8, 4) is 0 Å². The first-order valence-corrected chi connectivity index (χ1v) is 6.23. The number of piperidine rings is 1. The summed E-state index contributed by atoms with van der Waals surface area (Å²) in [5, 5.41) is 12.8. The van der Waals surface area contributed by atoms with E-state index in [2.05, 4.69) is 10.3 Å². The van der Waals surface area contributed by atoms with Gasteiger partial charge in [-0.25, -0.2) is 4.98 Å². The fraction of sp³-hybridized carbons (Fsp3) is 0.538. The smallest absolute Gasteiger partial charge is 0.272 e. The monoisotopic (exact) mass is 249 g/mol. The summed E-state index contributed by atoms with van der Waals surface area (Å²) in [5.74, 6) is 0.150. The molecule has 18 heavy (non-hydrogen) atoms. The number of aliphatic hydroxyl groups is 1. The standard InChI is InChI=1S/C13H19N3O2/c1-9-5-6-16(8-12(9)17)13(18)11-4-3-10(14-2)7-15-11/h3-4,7,9,12,14,17H,5-6,8H2,1-2H3. The predicted octanol–water partition coefficient (Wildman–Crippen LogP) is 0.966. The lowest BCUT2D eigenvalue weighted by Crippen LogP contribution is -2.46. The molecule has 2 atom stereocenters. The highest BCUT2D eigenvalue weighted by Gasteiger charge is 2.28. The maximum absolute atomic E-state index is 12.2. The molecule has 2 heterocycles. The Labute approximate surface area is 107 Å². The molecule has 0 saturated carbocycles. The molecule has 1 fully saturated rings. The maximum atomic E-state index is 12.2. The Balaban J connectivity index is 2.06. The van der Waals surface area contributed by atoms with Gasteiger partial charge in [0, 0.05) is 20.1 Å². The number of likely N-dealkylation sites (tertiary alicyclic amines) is 1. The molecule has 1 aliphatic heterocycles. The minimum atomic E-state index is -0.431. The van der Waals surface area contributed by atoms with Gasteiger partial charge in [0.1, 0.15) is 5.69 Å². The molecule has 2 N–H and O–H groups in total. The number of hydrogen-bond donors (Lipinski definition) is 2. The number of nitrogens with one attached hydrogen (secondary N) is 1. The van der Waals surface area contributed by atoms with Crippen LogP contribution >= 0.6 is 0 Å². The van der Waals surface area contributed by atoms with Crippen molar-refractivity contribution in [3.63, 3.8) is 0 Å². The molecule has 1 saturated heterocycles. The van der Waals surface area contributed by atoms with Crippen LogP contribution in [0.25, 0.3) is 0 Å². The van der Waals surface area contributed by atoms with Crippen molar-refractivity contribution in [3.05, 3.63) is 24.0 Å². The Morgan fingerprint density at radius 1 is 1.56 bits per heavy atom. The number of β-amino-alcohol motifs (C(OH)–C–C–N with tert-alkyl or cyclic N) is 1. The van der Waals surface area contributed by atoms with Crippen molar-refractivity contribution >= 4 is 11.6 Å². The van der Waals surface area contributed by atoms with E-state index in [1.54, 1.807) is 24.2 Å². The number of carbonyl (C=O) groups is 1. The molecular weight excluding hydrogens is 230 g/mol.